The van der Waals surface area contributed by atoms with Crippen LogP contribution in [0.25, 0.3) is 0 Å². The zero-order valence-corrected chi connectivity index (χ0v) is 11.5. The van der Waals surface area contributed by atoms with Crippen LogP contribution in [0.3, 0.4) is 0 Å². The Morgan fingerprint density at radius 3 is 2.30 bits per heavy atom. The molecule has 0 aliphatic heterocycles. The number of rotatable bonds is 3. The molecule has 112 valence electrons. The molecule has 20 heavy (non-hydrogen) atoms. The molecule has 3 aliphatic carbocycles. The van der Waals surface area contributed by atoms with Crippen molar-refractivity contribution < 1.29 is 23.9 Å². The molecule has 7 heteroatoms. The van der Waals surface area contributed by atoms with Crippen molar-refractivity contribution in [3.8, 4) is 0 Å². The average Bonchev–Trinajstić information content (AvgIpc) is 2.31. The third-order valence-corrected chi connectivity index (χ3v) is 5.38. The predicted molar refractivity (Wildman–Crippen MR) is 67.1 cm³/mol. The summed E-state index contributed by atoms with van der Waals surface area (Å²) in [6.07, 6.45) is 2.08. The molecule has 0 saturated heterocycles. The van der Waals surface area contributed by atoms with E-state index in [0.717, 1.165) is 25.7 Å². The van der Waals surface area contributed by atoms with Crippen molar-refractivity contribution in [3.05, 3.63) is 0 Å². The molecule has 3 aliphatic rings. The first-order valence-corrected chi connectivity index (χ1v) is 6.89. The number of amides is 1. The van der Waals surface area contributed by atoms with Gasteiger partial charge in [-0.05, 0) is 50.4 Å². The minimum absolute atomic E-state index is 0.125. The van der Waals surface area contributed by atoms with Crippen LogP contribution in [0.4, 0.5) is 9.59 Å². The molecule has 0 spiro atoms. The van der Waals surface area contributed by atoms with Crippen molar-refractivity contribution >= 4 is 12.2 Å². The first kappa shape index (κ1) is 13.5. The molecule has 3 fully saturated rings. The molecule has 7 nitrogen and oxygen atoms in total. The van der Waals surface area contributed by atoms with Gasteiger partial charge in [-0.3, -0.25) is 0 Å². The maximum atomic E-state index is 11.2. The summed E-state index contributed by atoms with van der Waals surface area (Å²) in [5, 5.41) is 0. The van der Waals surface area contributed by atoms with Crippen LogP contribution < -0.4 is 11.6 Å². The fourth-order valence-corrected chi connectivity index (χ4v) is 5.05. The second-order valence-corrected chi connectivity index (χ2v) is 6.75. The molecule has 3 rings (SSSR count). The van der Waals surface area contributed by atoms with E-state index in [1.165, 1.54) is 0 Å². The predicted octanol–water partition coefficient (Wildman–Crippen LogP) is 1.30. The van der Waals surface area contributed by atoms with E-state index >= 15 is 0 Å². The highest BCUT2D eigenvalue weighted by molar-refractivity contribution is 5.64. The number of hydrogen-bond donors (Lipinski definition) is 2. The Morgan fingerprint density at radius 2 is 1.80 bits per heavy atom. The summed E-state index contributed by atoms with van der Waals surface area (Å²) in [5.74, 6) is 6.40. The normalized spacial score (nSPS) is 44.4. The Labute approximate surface area is 116 Å². The van der Waals surface area contributed by atoms with Crippen LogP contribution in [0.1, 0.15) is 32.6 Å². The number of hydrogen-bond acceptors (Lipinski definition) is 6. The second kappa shape index (κ2) is 4.25. The molecular formula is C13H20N2O5. The van der Waals surface area contributed by atoms with Crippen molar-refractivity contribution in [1.82, 2.24) is 0 Å². The van der Waals surface area contributed by atoms with Gasteiger partial charge in [-0.2, -0.15) is 5.90 Å². The van der Waals surface area contributed by atoms with E-state index in [2.05, 4.69) is 4.84 Å². The summed E-state index contributed by atoms with van der Waals surface area (Å²) in [6.45, 7) is 2.35. The van der Waals surface area contributed by atoms with Gasteiger partial charge in [0.15, 0.2) is 0 Å². The maximum absolute atomic E-state index is 11.2. The molecule has 0 radical (unpaired) electrons. The Morgan fingerprint density at radius 1 is 1.20 bits per heavy atom. The molecule has 0 aromatic rings. The molecule has 0 aromatic heterocycles. The van der Waals surface area contributed by atoms with E-state index in [1.807, 2.05) is 6.92 Å². The van der Waals surface area contributed by atoms with Gasteiger partial charge in [0, 0.05) is 5.41 Å². The van der Waals surface area contributed by atoms with Crippen LogP contribution in [-0.2, 0) is 14.3 Å². The number of carbonyl (C=O) groups is 2. The summed E-state index contributed by atoms with van der Waals surface area (Å²) in [6, 6.07) is 0. The van der Waals surface area contributed by atoms with E-state index in [9.17, 15) is 9.59 Å². The first-order valence-electron chi connectivity index (χ1n) is 6.89. The summed E-state index contributed by atoms with van der Waals surface area (Å²) >= 11 is 0. The first-order chi connectivity index (χ1) is 9.37. The topological polar surface area (TPSA) is 114 Å². The number of primary amides is 1. The molecule has 4 N–H and O–H groups in total. The number of ether oxygens (including phenoxy) is 2. The Hall–Kier alpha value is -1.50. The minimum atomic E-state index is -0.826. The highest BCUT2D eigenvalue weighted by Gasteiger charge is 2.69. The van der Waals surface area contributed by atoms with Crippen molar-refractivity contribution in [2.24, 2.45) is 34.8 Å². The van der Waals surface area contributed by atoms with Gasteiger partial charge in [0.25, 0.3) is 0 Å². The molecule has 0 bridgehead atoms. The molecule has 3 saturated carbocycles. The van der Waals surface area contributed by atoms with Gasteiger partial charge in [0.05, 0.1) is 6.61 Å². The van der Waals surface area contributed by atoms with Crippen molar-refractivity contribution in [1.29, 1.82) is 0 Å². The number of carbonyl (C=O) groups excluding carboxylic acids is 2. The highest BCUT2D eigenvalue weighted by atomic mass is 16.8. The second-order valence-electron chi connectivity index (χ2n) is 6.75. The third kappa shape index (κ3) is 1.91. The van der Waals surface area contributed by atoms with Crippen molar-refractivity contribution in [2.45, 2.75) is 38.2 Å². The van der Waals surface area contributed by atoms with Crippen LogP contribution in [0.15, 0.2) is 0 Å². The quantitative estimate of drug-likeness (QED) is 0.596. The monoisotopic (exact) mass is 284 g/mol. The van der Waals surface area contributed by atoms with Crippen LogP contribution >= 0.6 is 0 Å². The van der Waals surface area contributed by atoms with E-state index in [-0.39, 0.29) is 5.41 Å². The van der Waals surface area contributed by atoms with Gasteiger partial charge in [-0.25, -0.2) is 9.59 Å². The number of nitrogens with two attached hydrogens (primary N) is 2. The lowest BCUT2D eigenvalue weighted by Crippen LogP contribution is -2.68. The molecule has 2 atom stereocenters. The zero-order chi connectivity index (χ0) is 14.5. The largest absolute Gasteiger partial charge is 0.528 e. The lowest BCUT2D eigenvalue weighted by Gasteiger charge is -2.71. The van der Waals surface area contributed by atoms with Crippen LogP contribution in [-0.4, -0.2) is 24.5 Å². The Kier molecular flexibility index (Phi) is 2.86. The molecular weight excluding hydrogens is 264 g/mol. The van der Waals surface area contributed by atoms with Gasteiger partial charge in [-0.15, -0.1) is 0 Å². The standard InChI is InChI=1S/C13H20N2O5/c1-12(19-11(17)20-15)2-7-4-13(6-18-10(14)16)5-8(3-12)9(7)13/h7-9H,2-6,15H2,1H3,(H2,14,16). The summed E-state index contributed by atoms with van der Waals surface area (Å²) < 4.78 is 10.3. The lowest BCUT2D eigenvalue weighted by molar-refractivity contribution is -0.259. The smallest absolute Gasteiger partial charge is 0.449 e. The van der Waals surface area contributed by atoms with E-state index in [4.69, 9.17) is 21.1 Å². The van der Waals surface area contributed by atoms with Crippen LogP contribution in [0.2, 0.25) is 0 Å². The van der Waals surface area contributed by atoms with E-state index in [0.29, 0.717) is 24.4 Å². The van der Waals surface area contributed by atoms with E-state index < -0.39 is 17.8 Å². The minimum Gasteiger partial charge on any atom is -0.449 e. The summed E-state index contributed by atoms with van der Waals surface area (Å²) in [5.41, 5.74) is 4.66. The molecule has 0 aromatic carbocycles. The van der Waals surface area contributed by atoms with Gasteiger partial charge in [0.2, 0.25) is 0 Å². The Bertz CT molecular complexity index is 436. The lowest BCUT2D eigenvalue weighted by atomic mass is 9.34. The molecule has 2 unspecified atom stereocenters. The van der Waals surface area contributed by atoms with Crippen molar-refractivity contribution in [2.75, 3.05) is 6.61 Å². The van der Waals surface area contributed by atoms with Crippen LogP contribution in [0, 0.1) is 23.2 Å². The molecule has 0 heterocycles. The fraction of sp³-hybridized carbons (Fsp3) is 0.846. The average molecular weight is 284 g/mol. The maximum Gasteiger partial charge on any atom is 0.528 e. The van der Waals surface area contributed by atoms with E-state index in [1.54, 1.807) is 0 Å². The van der Waals surface area contributed by atoms with Gasteiger partial charge >= 0.3 is 12.2 Å². The third-order valence-electron chi connectivity index (χ3n) is 5.38. The Balaban J connectivity index is 1.60. The SMILES string of the molecule is CC1(OC(=O)ON)CC2CC3(COC(N)=O)CC(C1)C23. The van der Waals surface area contributed by atoms with Crippen molar-refractivity contribution in [3.63, 3.8) is 0 Å². The van der Waals surface area contributed by atoms with Crippen LogP contribution in [0.5, 0.6) is 0 Å². The fourth-order valence-electron chi connectivity index (χ4n) is 5.05. The van der Waals surface area contributed by atoms with Gasteiger partial charge in [0.1, 0.15) is 5.60 Å². The van der Waals surface area contributed by atoms with Gasteiger partial charge in [-0.1, -0.05) is 0 Å². The molecule has 1 amide bonds. The van der Waals surface area contributed by atoms with Gasteiger partial charge < -0.3 is 20.0 Å². The summed E-state index contributed by atoms with van der Waals surface area (Å²) in [4.78, 5) is 26.0. The zero-order valence-electron chi connectivity index (χ0n) is 11.5. The summed E-state index contributed by atoms with van der Waals surface area (Å²) in [7, 11) is 0. The highest BCUT2D eigenvalue weighted by Crippen LogP contribution is 2.72.